The first-order valence-corrected chi connectivity index (χ1v) is 12.2. The summed E-state index contributed by atoms with van der Waals surface area (Å²) in [4.78, 5) is 11.7. The topological polar surface area (TPSA) is 46.5 Å². The number of benzene rings is 3. The Labute approximate surface area is 200 Å². The van der Waals surface area contributed by atoms with Crippen LogP contribution in [0.1, 0.15) is 60.3 Å². The molecule has 3 atom stereocenters. The van der Waals surface area contributed by atoms with E-state index in [1.54, 1.807) is 19.2 Å². The van der Waals surface area contributed by atoms with E-state index in [1.165, 1.54) is 28.3 Å². The highest BCUT2D eigenvalue weighted by atomic mass is 19.1. The minimum absolute atomic E-state index is 0.0974. The number of aryl methyl sites for hydroxylation is 1. The van der Waals surface area contributed by atoms with Crippen molar-refractivity contribution in [3.05, 3.63) is 88.7 Å². The van der Waals surface area contributed by atoms with E-state index in [4.69, 9.17) is 4.74 Å². The van der Waals surface area contributed by atoms with Crippen molar-refractivity contribution >= 4 is 5.97 Å². The van der Waals surface area contributed by atoms with Gasteiger partial charge in [0.25, 0.3) is 0 Å². The molecule has 0 amide bonds. The standard InChI is InChI=1S/C30H31FO3/c1-18(30(32)33)29(22-9-10-22)24-12-6-20-5-11-23(15-25(20)16-24)19-3-7-21(8-4-19)27-17-26(34-2)13-14-28(27)31/h3-4,6-8,12-14,16-18,22-23,29H,5,9-11,15H2,1-2H3,(H,32,33)/t18-,23?,29-/m0/s1. The number of ether oxygens (including phenoxy) is 1. The fourth-order valence-corrected chi connectivity index (χ4v) is 5.63. The highest BCUT2D eigenvalue weighted by molar-refractivity contribution is 5.71. The van der Waals surface area contributed by atoms with E-state index in [-0.39, 0.29) is 17.7 Å². The number of carboxylic acid groups (broad SMARTS) is 1. The SMILES string of the molecule is COc1ccc(F)c(-c2ccc(C3CCc4ccc([C@H](C5CC5)[C@H](C)C(=O)O)cc4C3)cc2)c1. The zero-order valence-corrected chi connectivity index (χ0v) is 19.8. The van der Waals surface area contributed by atoms with E-state index in [0.29, 0.717) is 23.1 Å². The van der Waals surface area contributed by atoms with Gasteiger partial charge in [0.2, 0.25) is 0 Å². The molecule has 1 fully saturated rings. The summed E-state index contributed by atoms with van der Waals surface area (Å²) in [5.74, 6) is 0.307. The molecule has 176 valence electrons. The molecule has 0 radical (unpaired) electrons. The fraction of sp³-hybridized carbons (Fsp3) is 0.367. The summed E-state index contributed by atoms with van der Waals surface area (Å²) in [7, 11) is 1.58. The number of fused-ring (bicyclic) bond motifs is 1. The Morgan fingerprint density at radius 2 is 1.76 bits per heavy atom. The molecule has 5 rings (SSSR count). The van der Waals surface area contributed by atoms with Crippen LogP contribution in [0.2, 0.25) is 0 Å². The monoisotopic (exact) mass is 458 g/mol. The van der Waals surface area contributed by atoms with Crippen molar-refractivity contribution in [2.45, 2.75) is 50.9 Å². The van der Waals surface area contributed by atoms with Crippen molar-refractivity contribution in [3.63, 3.8) is 0 Å². The molecule has 0 bridgehead atoms. The van der Waals surface area contributed by atoms with E-state index in [2.05, 4.69) is 30.3 Å². The molecule has 0 spiro atoms. The highest BCUT2D eigenvalue weighted by Crippen LogP contribution is 2.47. The predicted molar refractivity (Wildman–Crippen MR) is 132 cm³/mol. The van der Waals surface area contributed by atoms with Gasteiger partial charge in [-0.15, -0.1) is 0 Å². The molecule has 0 aromatic heterocycles. The average Bonchev–Trinajstić information content (AvgIpc) is 3.69. The van der Waals surface area contributed by atoms with Crippen molar-refractivity contribution in [2.75, 3.05) is 7.11 Å². The van der Waals surface area contributed by atoms with Crippen LogP contribution < -0.4 is 4.74 Å². The minimum Gasteiger partial charge on any atom is -0.497 e. The van der Waals surface area contributed by atoms with Crippen LogP contribution >= 0.6 is 0 Å². The number of rotatable bonds is 7. The van der Waals surface area contributed by atoms with Crippen LogP contribution in [0.5, 0.6) is 5.75 Å². The number of hydrogen-bond acceptors (Lipinski definition) is 2. The van der Waals surface area contributed by atoms with Gasteiger partial charge in [0, 0.05) is 5.56 Å². The lowest BCUT2D eigenvalue weighted by Gasteiger charge is -2.28. The van der Waals surface area contributed by atoms with E-state index in [0.717, 1.165) is 37.7 Å². The van der Waals surface area contributed by atoms with E-state index in [1.807, 2.05) is 19.1 Å². The van der Waals surface area contributed by atoms with Gasteiger partial charge in [0.15, 0.2) is 0 Å². The normalized spacial score (nSPS) is 19.2. The summed E-state index contributed by atoms with van der Waals surface area (Å²) in [6.45, 7) is 1.85. The summed E-state index contributed by atoms with van der Waals surface area (Å²) in [6.07, 6.45) is 5.31. The fourth-order valence-electron chi connectivity index (χ4n) is 5.63. The maximum atomic E-state index is 14.4. The van der Waals surface area contributed by atoms with Crippen LogP contribution in [-0.2, 0) is 17.6 Å². The molecule has 0 aliphatic heterocycles. The minimum atomic E-state index is -0.708. The van der Waals surface area contributed by atoms with Crippen molar-refractivity contribution in [2.24, 2.45) is 11.8 Å². The first-order chi connectivity index (χ1) is 16.4. The molecule has 2 aliphatic rings. The molecule has 34 heavy (non-hydrogen) atoms. The molecule has 2 aliphatic carbocycles. The van der Waals surface area contributed by atoms with Crippen LogP contribution in [0, 0.1) is 17.7 Å². The van der Waals surface area contributed by atoms with Crippen LogP contribution in [0.15, 0.2) is 60.7 Å². The molecular formula is C30H31FO3. The molecule has 3 nitrogen and oxygen atoms in total. The van der Waals surface area contributed by atoms with Crippen molar-refractivity contribution in [3.8, 4) is 16.9 Å². The second-order valence-corrected chi connectivity index (χ2v) is 9.93. The zero-order chi connectivity index (χ0) is 23.8. The average molecular weight is 459 g/mol. The number of carboxylic acids is 1. The van der Waals surface area contributed by atoms with Gasteiger partial charge in [-0.2, -0.15) is 0 Å². The van der Waals surface area contributed by atoms with Crippen LogP contribution in [-0.4, -0.2) is 18.2 Å². The maximum Gasteiger partial charge on any atom is 0.306 e. The highest BCUT2D eigenvalue weighted by Gasteiger charge is 2.39. The van der Waals surface area contributed by atoms with Crippen molar-refractivity contribution in [1.29, 1.82) is 0 Å². The smallest absolute Gasteiger partial charge is 0.306 e. The van der Waals surface area contributed by atoms with Crippen molar-refractivity contribution in [1.82, 2.24) is 0 Å². The van der Waals surface area contributed by atoms with Gasteiger partial charge >= 0.3 is 5.97 Å². The van der Waals surface area contributed by atoms with Gasteiger partial charge in [-0.3, -0.25) is 4.79 Å². The van der Waals surface area contributed by atoms with E-state index >= 15 is 0 Å². The molecule has 1 saturated carbocycles. The third-order valence-corrected chi connectivity index (χ3v) is 7.77. The summed E-state index contributed by atoms with van der Waals surface area (Å²) < 4.78 is 19.6. The van der Waals surface area contributed by atoms with Crippen LogP contribution in [0.3, 0.4) is 0 Å². The van der Waals surface area contributed by atoms with Gasteiger partial charge in [-0.05, 0) is 95.9 Å². The molecule has 0 saturated heterocycles. The lowest BCUT2D eigenvalue weighted by atomic mass is 9.76. The van der Waals surface area contributed by atoms with Gasteiger partial charge in [-0.1, -0.05) is 49.4 Å². The zero-order valence-electron chi connectivity index (χ0n) is 19.8. The number of hydrogen-bond donors (Lipinski definition) is 1. The Bertz CT molecular complexity index is 1200. The lowest BCUT2D eigenvalue weighted by Crippen LogP contribution is -2.21. The van der Waals surface area contributed by atoms with Gasteiger partial charge in [0.1, 0.15) is 11.6 Å². The summed E-state index contributed by atoms with van der Waals surface area (Å²) in [5, 5.41) is 9.64. The summed E-state index contributed by atoms with van der Waals surface area (Å²) >= 11 is 0. The first kappa shape index (κ1) is 22.6. The Hall–Kier alpha value is -3.14. The lowest BCUT2D eigenvalue weighted by molar-refractivity contribution is -0.142. The van der Waals surface area contributed by atoms with Gasteiger partial charge in [-0.25, -0.2) is 4.39 Å². The molecule has 1 N–H and O–H groups in total. The Morgan fingerprint density at radius 3 is 2.44 bits per heavy atom. The second-order valence-electron chi connectivity index (χ2n) is 9.93. The quantitative estimate of drug-likeness (QED) is 0.415. The maximum absolute atomic E-state index is 14.4. The second kappa shape index (κ2) is 9.25. The van der Waals surface area contributed by atoms with Gasteiger partial charge in [0.05, 0.1) is 13.0 Å². The molecule has 1 unspecified atom stereocenters. The Balaban J connectivity index is 1.37. The van der Waals surface area contributed by atoms with E-state index in [9.17, 15) is 14.3 Å². The molecule has 0 heterocycles. The molecule has 4 heteroatoms. The van der Waals surface area contributed by atoms with Crippen LogP contribution in [0.25, 0.3) is 11.1 Å². The summed E-state index contributed by atoms with van der Waals surface area (Å²) in [6, 6.07) is 19.7. The first-order valence-electron chi connectivity index (χ1n) is 12.2. The predicted octanol–water partition coefficient (Wildman–Crippen LogP) is 6.99. The Morgan fingerprint density at radius 1 is 1.00 bits per heavy atom. The van der Waals surface area contributed by atoms with Crippen LogP contribution in [0.4, 0.5) is 4.39 Å². The number of halogens is 1. The number of methoxy groups -OCH3 is 1. The summed E-state index contributed by atoms with van der Waals surface area (Å²) in [5.41, 5.74) is 6.56. The van der Waals surface area contributed by atoms with Gasteiger partial charge < -0.3 is 9.84 Å². The largest absolute Gasteiger partial charge is 0.497 e. The molecule has 3 aromatic carbocycles. The molecular weight excluding hydrogens is 427 g/mol. The van der Waals surface area contributed by atoms with Crippen molar-refractivity contribution < 1.29 is 19.0 Å². The number of carbonyl (C=O) groups is 1. The third-order valence-electron chi connectivity index (χ3n) is 7.77. The Kier molecular flexibility index (Phi) is 6.16. The number of aliphatic carboxylic acids is 1. The van der Waals surface area contributed by atoms with E-state index < -0.39 is 5.97 Å². The third kappa shape index (κ3) is 4.46. The molecule has 3 aromatic rings.